The molecule has 0 spiro atoms. The third-order valence-electron chi connectivity index (χ3n) is 5.29. The zero-order valence-electron chi connectivity index (χ0n) is 16.5. The maximum Gasteiger partial charge on any atom is 0.237 e. The minimum Gasteiger partial charge on any atom is -0.378 e. The van der Waals surface area contributed by atoms with Gasteiger partial charge in [0, 0.05) is 32.9 Å². The average Bonchev–Trinajstić information content (AvgIpc) is 3.14. The van der Waals surface area contributed by atoms with Crippen LogP contribution in [0.25, 0.3) is 0 Å². The first-order valence-corrected chi connectivity index (χ1v) is 9.95. The molecule has 1 heterocycles. The second-order valence-corrected chi connectivity index (χ2v) is 7.57. The molecular formula is C23H31N3O. The van der Waals surface area contributed by atoms with Crippen LogP contribution in [-0.2, 0) is 17.8 Å². The summed E-state index contributed by atoms with van der Waals surface area (Å²) in [6.45, 7) is 2.60. The van der Waals surface area contributed by atoms with Gasteiger partial charge < -0.3 is 10.2 Å². The van der Waals surface area contributed by atoms with E-state index in [0.717, 1.165) is 45.3 Å². The Bertz CT molecular complexity index is 712. The van der Waals surface area contributed by atoms with Crippen molar-refractivity contribution in [3.05, 3.63) is 65.7 Å². The summed E-state index contributed by atoms with van der Waals surface area (Å²) in [4.78, 5) is 17.0. The van der Waals surface area contributed by atoms with E-state index in [1.54, 1.807) is 0 Å². The molecule has 1 saturated heterocycles. The molecule has 1 N–H and O–H groups in total. The van der Waals surface area contributed by atoms with Gasteiger partial charge in [-0.05, 0) is 55.5 Å². The minimum absolute atomic E-state index is 0.0181. The molecule has 0 saturated carbocycles. The van der Waals surface area contributed by atoms with Crippen molar-refractivity contribution >= 4 is 11.6 Å². The maximum absolute atomic E-state index is 12.6. The van der Waals surface area contributed by atoms with E-state index in [4.69, 9.17) is 0 Å². The lowest BCUT2D eigenvalue weighted by Crippen LogP contribution is -2.43. The summed E-state index contributed by atoms with van der Waals surface area (Å²) in [5.41, 5.74) is 3.81. The molecule has 4 heteroatoms. The van der Waals surface area contributed by atoms with Crippen LogP contribution in [0.4, 0.5) is 5.69 Å². The van der Waals surface area contributed by atoms with E-state index in [0.29, 0.717) is 0 Å². The van der Waals surface area contributed by atoms with Crippen molar-refractivity contribution in [3.8, 4) is 0 Å². The third-order valence-corrected chi connectivity index (χ3v) is 5.29. The van der Waals surface area contributed by atoms with Crippen LogP contribution < -0.4 is 10.2 Å². The van der Waals surface area contributed by atoms with Crippen molar-refractivity contribution in [1.82, 2.24) is 10.2 Å². The standard InChI is InChI=1S/C23H31N3O/c1-25(2)21-14-12-19(13-15-21)10-6-16-24-23(27)22-11-7-17-26(22)18-20-8-4-3-5-9-20/h3-5,8-9,12-15,22H,6-7,10-11,16-18H2,1-2H3,(H,24,27). The lowest BCUT2D eigenvalue weighted by Gasteiger charge is -2.23. The van der Waals surface area contributed by atoms with Gasteiger partial charge in [-0.25, -0.2) is 0 Å². The van der Waals surface area contributed by atoms with E-state index in [1.807, 2.05) is 6.07 Å². The second-order valence-electron chi connectivity index (χ2n) is 7.57. The Morgan fingerprint density at radius 2 is 1.81 bits per heavy atom. The van der Waals surface area contributed by atoms with Crippen LogP contribution in [0.3, 0.4) is 0 Å². The minimum atomic E-state index is 0.0181. The predicted molar refractivity (Wildman–Crippen MR) is 112 cm³/mol. The summed E-state index contributed by atoms with van der Waals surface area (Å²) < 4.78 is 0. The monoisotopic (exact) mass is 365 g/mol. The molecule has 0 radical (unpaired) electrons. The van der Waals surface area contributed by atoms with Crippen LogP contribution in [-0.4, -0.2) is 44.0 Å². The summed E-state index contributed by atoms with van der Waals surface area (Å²) in [5.74, 6) is 0.186. The molecule has 1 unspecified atom stereocenters. The number of nitrogens with one attached hydrogen (secondary N) is 1. The van der Waals surface area contributed by atoms with E-state index < -0.39 is 0 Å². The number of aryl methyl sites for hydroxylation is 1. The Kier molecular flexibility index (Phi) is 6.88. The highest BCUT2D eigenvalue weighted by atomic mass is 16.2. The van der Waals surface area contributed by atoms with Crippen molar-refractivity contribution in [2.45, 2.75) is 38.3 Å². The Morgan fingerprint density at radius 3 is 2.52 bits per heavy atom. The number of nitrogens with zero attached hydrogens (tertiary/aromatic N) is 2. The fourth-order valence-electron chi connectivity index (χ4n) is 3.71. The molecule has 0 aliphatic carbocycles. The van der Waals surface area contributed by atoms with Crippen LogP contribution in [0.1, 0.15) is 30.4 Å². The first kappa shape index (κ1) is 19.4. The van der Waals surface area contributed by atoms with Gasteiger partial charge in [0.05, 0.1) is 6.04 Å². The zero-order chi connectivity index (χ0) is 19.1. The van der Waals surface area contributed by atoms with Gasteiger partial charge in [-0.15, -0.1) is 0 Å². The normalized spacial score (nSPS) is 17.0. The van der Waals surface area contributed by atoms with Gasteiger partial charge in [0.15, 0.2) is 0 Å². The molecule has 0 bridgehead atoms. The maximum atomic E-state index is 12.6. The molecule has 144 valence electrons. The second kappa shape index (κ2) is 9.56. The Morgan fingerprint density at radius 1 is 1.07 bits per heavy atom. The first-order chi connectivity index (χ1) is 13.1. The molecule has 1 fully saturated rings. The van der Waals surface area contributed by atoms with Crippen LogP contribution in [0, 0.1) is 0 Å². The highest BCUT2D eigenvalue weighted by molar-refractivity contribution is 5.82. The van der Waals surface area contributed by atoms with Gasteiger partial charge in [0.1, 0.15) is 0 Å². The van der Waals surface area contributed by atoms with Crippen LogP contribution in [0.15, 0.2) is 54.6 Å². The molecule has 0 aromatic heterocycles. The average molecular weight is 366 g/mol. The number of anilines is 1. The van der Waals surface area contributed by atoms with E-state index in [1.165, 1.54) is 16.8 Å². The number of rotatable bonds is 8. The fraction of sp³-hybridized carbons (Fsp3) is 0.435. The third kappa shape index (κ3) is 5.57. The van der Waals surface area contributed by atoms with Gasteiger partial charge in [-0.2, -0.15) is 0 Å². The topological polar surface area (TPSA) is 35.6 Å². The van der Waals surface area contributed by atoms with Crippen molar-refractivity contribution in [2.75, 3.05) is 32.1 Å². The van der Waals surface area contributed by atoms with Gasteiger partial charge in [0.2, 0.25) is 5.91 Å². The van der Waals surface area contributed by atoms with E-state index >= 15 is 0 Å². The predicted octanol–water partition coefficient (Wildman–Crippen LogP) is 3.47. The number of carbonyl (C=O) groups is 1. The number of hydrogen-bond donors (Lipinski definition) is 1. The summed E-state index contributed by atoms with van der Waals surface area (Å²) in [7, 11) is 4.10. The molecular weight excluding hydrogens is 334 g/mol. The molecule has 1 amide bonds. The number of amides is 1. The van der Waals surface area contributed by atoms with Gasteiger partial charge >= 0.3 is 0 Å². The van der Waals surface area contributed by atoms with E-state index in [-0.39, 0.29) is 11.9 Å². The smallest absolute Gasteiger partial charge is 0.237 e. The number of hydrogen-bond acceptors (Lipinski definition) is 3. The van der Waals surface area contributed by atoms with Crippen LogP contribution in [0.5, 0.6) is 0 Å². The SMILES string of the molecule is CN(C)c1ccc(CCCNC(=O)C2CCCN2Cc2ccccc2)cc1. The Balaban J connectivity index is 1.42. The van der Waals surface area contributed by atoms with Gasteiger partial charge in [0.25, 0.3) is 0 Å². The molecule has 1 aliphatic rings. The van der Waals surface area contributed by atoms with Crippen molar-refractivity contribution in [1.29, 1.82) is 0 Å². The molecule has 4 nitrogen and oxygen atoms in total. The quantitative estimate of drug-likeness (QED) is 0.728. The molecule has 1 atom stereocenters. The number of carbonyl (C=O) groups excluding carboxylic acids is 1. The number of benzene rings is 2. The number of likely N-dealkylation sites (tertiary alicyclic amines) is 1. The lowest BCUT2D eigenvalue weighted by molar-refractivity contribution is -0.125. The summed E-state index contributed by atoms with van der Waals surface area (Å²) in [6.07, 6.45) is 4.03. The molecule has 2 aromatic rings. The summed E-state index contributed by atoms with van der Waals surface area (Å²) >= 11 is 0. The molecule has 27 heavy (non-hydrogen) atoms. The highest BCUT2D eigenvalue weighted by Gasteiger charge is 2.30. The fourth-order valence-corrected chi connectivity index (χ4v) is 3.71. The van der Waals surface area contributed by atoms with Crippen molar-refractivity contribution in [3.63, 3.8) is 0 Å². The summed E-state index contributed by atoms with van der Waals surface area (Å²) in [6, 6.07) is 19.1. The largest absolute Gasteiger partial charge is 0.378 e. The highest BCUT2D eigenvalue weighted by Crippen LogP contribution is 2.20. The van der Waals surface area contributed by atoms with Crippen molar-refractivity contribution < 1.29 is 4.79 Å². The molecule has 1 aliphatic heterocycles. The van der Waals surface area contributed by atoms with Gasteiger partial charge in [-0.1, -0.05) is 42.5 Å². The van der Waals surface area contributed by atoms with Crippen LogP contribution >= 0.6 is 0 Å². The zero-order valence-corrected chi connectivity index (χ0v) is 16.5. The van der Waals surface area contributed by atoms with Crippen LogP contribution in [0.2, 0.25) is 0 Å². The van der Waals surface area contributed by atoms with Crippen molar-refractivity contribution in [2.24, 2.45) is 0 Å². The van der Waals surface area contributed by atoms with E-state index in [2.05, 4.69) is 77.7 Å². The molecule has 2 aromatic carbocycles. The van der Waals surface area contributed by atoms with E-state index in [9.17, 15) is 4.79 Å². The molecule has 3 rings (SSSR count). The Hall–Kier alpha value is -2.33. The lowest BCUT2D eigenvalue weighted by atomic mass is 10.1. The first-order valence-electron chi connectivity index (χ1n) is 9.95. The Labute approximate surface area is 163 Å². The van der Waals surface area contributed by atoms with Gasteiger partial charge in [-0.3, -0.25) is 9.69 Å². The summed E-state index contributed by atoms with van der Waals surface area (Å²) in [5, 5.41) is 3.15.